The van der Waals surface area contributed by atoms with Gasteiger partial charge in [-0.1, -0.05) is 15.9 Å². The summed E-state index contributed by atoms with van der Waals surface area (Å²) in [6.45, 7) is 5.59. The fourth-order valence-electron chi connectivity index (χ4n) is 1.26. The summed E-state index contributed by atoms with van der Waals surface area (Å²) < 4.78 is 0.566. The predicted molar refractivity (Wildman–Crippen MR) is 68.3 cm³/mol. The second-order valence-electron chi connectivity index (χ2n) is 4.74. The Labute approximate surface area is 108 Å². The van der Waals surface area contributed by atoms with Gasteiger partial charge in [0, 0.05) is 15.6 Å². The van der Waals surface area contributed by atoms with Crippen LogP contribution in [0.3, 0.4) is 0 Å². The number of halogens is 1. The zero-order valence-electron chi connectivity index (χ0n) is 9.87. The number of rotatable bonds is 2. The van der Waals surface area contributed by atoms with E-state index < -0.39 is 5.97 Å². The fraction of sp³-hybridized carbons (Fsp3) is 0.333. The Balaban J connectivity index is 3.06. The second-order valence-corrected chi connectivity index (χ2v) is 5.65. The van der Waals surface area contributed by atoms with Crippen LogP contribution < -0.4 is 5.32 Å². The molecular formula is C12H14BrNO3. The van der Waals surface area contributed by atoms with E-state index in [1.807, 2.05) is 20.8 Å². The highest BCUT2D eigenvalue weighted by molar-refractivity contribution is 9.10. The molecule has 1 rings (SSSR count). The van der Waals surface area contributed by atoms with E-state index >= 15 is 0 Å². The van der Waals surface area contributed by atoms with Crippen LogP contribution in [0.2, 0.25) is 0 Å². The van der Waals surface area contributed by atoms with E-state index in [-0.39, 0.29) is 17.0 Å². The first-order valence-corrected chi connectivity index (χ1v) is 5.85. The SMILES string of the molecule is CC(C)(C)NC(=O)c1cc(Br)cc(C(=O)O)c1. The van der Waals surface area contributed by atoms with Crippen molar-refractivity contribution >= 4 is 27.8 Å². The van der Waals surface area contributed by atoms with Gasteiger partial charge in [0.05, 0.1) is 5.56 Å². The van der Waals surface area contributed by atoms with Gasteiger partial charge in [0.25, 0.3) is 5.91 Å². The van der Waals surface area contributed by atoms with Crippen molar-refractivity contribution in [2.45, 2.75) is 26.3 Å². The van der Waals surface area contributed by atoms with Gasteiger partial charge in [0.1, 0.15) is 0 Å². The lowest BCUT2D eigenvalue weighted by atomic mass is 10.1. The molecule has 1 amide bonds. The lowest BCUT2D eigenvalue weighted by Crippen LogP contribution is -2.40. The molecule has 0 aliphatic rings. The molecule has 2 N–H and O–H groups in total. The number of carboxylic acids is 1. The Morgan fingerprint density at radius 3 is 2.18 bits per heavy atom. The number of carbonyl (C=O) groups is 2. The normalized spacial score (nSPS) is 11.1. The van der Waals surface area contributed by atoms with Crippen molar-refractivity contribution in [2.24, 2.45) is 0 Å². The van der Waals surface area contributed by atoms with Crippen molar-refractivity contribution in [3.05, 3.63) is 33.8 Å². The number of hydrogen-bond donors (Lipinski definition) is 2. The molecule has 0 aromatic heterocycles. The number of benzene rings is 1. The van der Waals surface area contributed by atoms with Crippen LogP contribution in [0.5, 0.6) is 0 Å². The van der Waals surface area contributed by atoms with Crippen LogP contribution >= 0.6 is 15.9 Å². The van der Waals surface area contributed by atoms with Crippen LogP contribution in [0.25, 0.3) is 0 Å². The van der Waals surface area contributed by atoms with E-state index in [4.69, 9.17) is 5.11 Å². The van der Waals surface area contributed by atoms with Crippen molar-refractivity contribution in [2.75, 3.05) is 0 Å². The molecule has 4 nitrogen and oxygen atoms in total. The largest absolute Gasteiger partial charge is 0.478 e. The molecule has 1 aromatic rings. The van der Waals surface area contributed by atoms with Crippen LogP contribution in [-0.4, -0.2) is 22.5 Å². The minimum absolute atomic E-state index is 0.0819. The van der Waals surface area contributed by atoms with Gasteiger partial charge >= 0.3 is 5.97 Å². The summed E-state index contributed by atoms with van der Waals surface area (Å²) in [5, 5.41) is 11.7. The highest BCUT2D eigenvalue weighted by atomic mass is 79.9. The van der Waals surface area contributed by atoms with Crippen LogP contribution in [-0.2, 0) is 0 Å². The molecule has 0 fully saturated rings. The van der Waals surface area contributed by atoms with E-state index in [9.17, 15) is 9.59 Å². The number of carboxylic acid groups (broad SMARTS) is 1. The quantitative estimate of drug-likeness (QED) is 0.882. The molecule has 0 atom stereocenters. The molecule has 92 valence electrons. The van der Waals surface area contributed by atoms with Crippen molar-refractivity contribution in [3.8, 4) is 0 Å². The zero-order chi connectivity index (χ0) is 13.2. The monoisotopic (exact) mass is 299 g/mol. The summed E-state index contributed by atoms with van der Waals surface area (Å²) in [4.78, 5) is 22.7. The van der Waals surface area contributed by atoms with Crippen LogP contribution in [0.1, 0.15) is 41.5 Å². The maximum absolute atomic E-state index is 11.9. The van der Waals surface area contributed by atoms with Crippen molar-refractivity contribution in [3.63, 3.8) is 0 Å². The zero-order valence-corrected chi connectivity index (χ0v) is 11.5. The third-order valence-electron chi connectivity index (χ3n) is 1.90. The van der Waals surface area contributed by atoms with Crippen LogP contribution in [0.4, 0.5) is 0 Å². The number of hydrogen-bond acceptors (Lipinski definition) is 2. The van der Waals surface area contributed by atoms with Gasteiger partial charge in [-0.2, -0.15) is 0 Å². The Hall–Kier alpha value is -1.36. The van der Waals surface area contributed by atoms with Crippen LogP contribution in [0.15, 0.2) is 22.7 Å². The summed E-state index contributed by atoms with van der Waals surface area (Å²) in [6, 6.07) is 4.40. The van der Waals surface area contributed by atoms with Gasteiger partial charge in [-0.25, -0.2) is 4.79 Å². The summed E-state index contributed by atoms with van der Waals surface area (Å²) >= 11 is 3.19. The van der Waals surface area contributed by atoms with Crippen molar-refractivity contribution < 1.29 is 14.7 Å². The first kappa shape index (κ1) is 13.7. The lowest BCUT2D eigenvalue weighted by molar-refractivity contribution is 0.0697. The maximum atomic E-state index is 11.9. The highest BCUT2D eigenvalue weighted by Gasteiger charge is 2.17. The molecule has 0 radical (unpaired) electrons. The molecule has 0 unspecified atom stereocenters. The van der Waals surface area contributed by atoms with E-state index in [1.54, 1.807) is 6.07 Å². The van der Waals surface area contributed by atoms with Gasteiger partial charge < -0.3 is 10.4 Å². The maximum Gasteiger partial charge on any atom is 0.335 e. The first-order chi connectivity index (χ1) is 7.69. The predicted octanol–water partition coefficient (Wildman–Crippen LogP) is 2.68. The minimum atomic E-state index is -1.06. The minimum Gasteiger partial charge on any atom is -0.478 e. The van der Waals surface area contributed by atoms with E-state index in [0.717, 1.165) is 0 Å². The lowest BCUT2D eigenvalue weighted by Gasteiger charge is -2.20. The molecule has 0 saturated carbocycles. The van der Waals surface area contributed by atoms with Gasteiger partial charge in [-0.3, -0.25) is 4.79 Å². The summed E-state index contributed by atoms with van der Waals surface area (Å²) in [5.74, 6) is -1.35. The number of aromatic carboxylic acids is 1. The molecule has 1 aromatic carbocycles. The highest BCUT2D eigenvalue weighted by Crippen LogP contribution is 2.16. The topological polar surface area (TPSA) is 66.4 Å². The molecule has 0 saturated heterocycles. The van der Waals surface area contributed by atoms with Crippen molar-refractivity contribution in [1.82, 2.24) is 5.32 Å². The first-order valence-electron chi connectivity index (χ1n) is 5.05. The van der Waals surface area contributed by atoms with Gasteiger partial charge in [-0.15, -0.1) is 0 Å². The van der Waals surface area contributed by atoms with Crippen molar-refractivity contribution in [1.29, 1.82) is 0 Å². The van der Waals surface area contributed by atoms with Gasteiger partial charge in [0.2, 0.25) is 0 Å². The summed E-state index contributed by atoms with van der Waals surface area (Å²) in [5.41, 5.74) is 0.0492. The fourth-order valence-corrected chi connectivity index (χ4v) is 1.75. The second kappa shape index (κ2) is 4.87. The number of nitrogens with one attached hydrogen (secondary N) is 1. The molecule has 0 aliphatic heterocycles. The third-order valence-corrected chi connectivity index (χ3v) is 2.35. The van der Waals surface area contributed by atoms with Gasteiger partial charge in [0.15, 0.2) is 0 Å². The Morgan fingerprint density at radius 1 is 1.18 bits per heavy atom. The standard InChI is InChI=1S/C12H14BrNO3/c1-12(2,3)14-10(15)7-4-8(11(16)17)6-9(13)5-7/h4-6H,1-3H3,(H,14,15)(H,16,17). The molecular weight excluding hydrogens is 286 g/mol. The molecule has 0 aliphatic carbocycles. The number of carbonyl (C=O) groups excluding carboxylic acids is 1. The summed E-state index contributed by atoms with van der Waals surface area (Å²) in [6.07, 6.45) is 0. The average Bonchev–Trinajstić information content (AvgIpc) is 2.13. The smallest absolute Gasteiger partial charge is 0.335 e. The third kappa shape index (κ3) is 4.19. The summed E-state index contributed by atoms with van der Waals surface area (Å²) in [7, 11) is 0. The Bertz CT molecular complexity index is 463. The van der Waals surface area contributed by atoms with Gasteiger partial charge in [-0.05, 0) is 39.0 Å². The van der Waals surface area contributed by atoms with E-state index in [0.29, 0.717) is 10.0 Å². The average molecular weight is 300 g/mol. The Morgan fingerprint density at radius 2 is 1.71 bits per heavy atom. The molecule has 17 heavy (non-hydrogen) atoms. The van der Waals surface area contributed by atoms with E-state index in [2.05, 4.69) is 21.2 Å². The van der Waals surface area contributed by atoms with E-state index in [1.165, 1.54) is 12.1 Å². The van der Waals surface area contributed by atoms with Crippen LogP contribution in [0, 0.1) is 0 Å². The Kier molecular flexibility index (Phi) is 3.93. The number of amides is 1. The molecule has 0 spiro atoms. The molecule has 0 heterocycles. The molecule has 5 heteroatoms. The molecule has 0 bridgehead atoms.